The van der Waals surface area contributed by atoms with Gasteiger partial charge < -0.3 is 9.64 Å². The molecular weight excluding hydrogens is 238 g/mol. The van der Waals surface area contributed by atoms with Gasteiger partial charge in [-0.1, -0.05) is 26.2 Å². The van der Waals surface area contributed by atoms with E-state index in [1.165, 1.54) is 38.5 Å². The third-order valence-corrected chi connectivity index (χ3v) is 5.11. The standard InChI is InChI=1S/C16H29NO2/c1-3-16(2,14-10-6-4-7-11-14)19-15(18)17-12-8-5-9-13-17/h14H,3-13H2,1-2H3. The summed E-state index contributed by atoms with van der Waals surface area (Å²) in [4.78, 5) is 14.2. The van der Waals surface area contributed by atoms with Crippen molar-refractivity contribution in [1.82, 2.24) is 4.90 Å². The van der Waals surface area contributed by atoms with Gasteiger partial charge in [-0.25, -0.2) is 4.79 Å². The molecule has 3 heteroatoms. The number of hydrogen-bond acceptors (Lipinski definition) is 2. The molecule has 0 aromatic carbocycles. The summed E-state index contributed by atoms with van der Waals surface area (Å²) in [5.41, 5.74) is -0.255. The third kappa shape index (κ3) is 3.64. The van der Waals surface area contributed by atoms with Gasteiger partial charge in [0.1, 0.15) is 5.60 Å². The highest BCUT2D eigenvalue weighted by Crippen LogP contribution is 2.37. The lowest BCUT2D eigenvalue weighted by Crippen LogP contribution is -2.45. The minimum absolute atomic E-state index is 0.0744. The number of likely N-dealkylation sites (tertiary alicyclic amines) is 1. The van der Waals surface area contributed by atoms with Crippen LogP contribution in [-0.2, 0) is 4.74 Å². The van der Waals surface area contributed by atoms with Crippen LogP contribution in [0.4, 0.5) is 4.79 Å². The second-order valence-corrected chi connectivity index (χ2v) is 6.42. The smallest absolute Gasteiger partial charge is 0.410 e. The van der Waals surface area contributed by atoms with Crippen LogP contribution in [0.3, 0.4) is 0 Å². The van der Waals surface area contributed by atoms with Crippen molar-refractivity contribution in [2.45, 2.75) is 77.2 Å². The van der Waals surface area contributed by atoms with E-state index in [4.69, 9.17) is 4.74 Å². The number of hydrogen-bond donors (Lipinski definition) is 0. The molecule has 1 unspecified atom stereocenters. The number of ether oxygens (including phenoxy) is 1. The lowest BCUT2D eigenvalue weighted by molar-refractivity contribution is -0.0513. The van der Waals surface area contributed by atoms with Gasteiger partial charge in [-0.15, -0.1) is 0 Å². The first-order valence-corrected chi connectivity index (χ1v) is 8.13. The summed E-state index contributed by atoms with van der Waals surface area (Å²) in [7, 11) is 0. The summed E-state index contributed by atoms with van der Waals surface area (Å²) >= 11 is 0. The molecule has 1 heterocycles. The molecule has 0 bridgehead atoms. The first-order chi connectivity index (χ1) is 9.15. The van der Waals surface area contributed by atoms with E-state index in [-0.39, 0.29) is 11.7 Å². The van der Waals surface area contributed by atoms with Crippen molar-refractivity contribution in [3.63, 3.8) is 0 Å². The second-order valence-electron chi connectivity index (χ2n) is 6.42. The average Bonchev–Trinajstić information content (AvgIpc) is 2.49. The number of carbonyl (C=O) groups is 1. The highest BCUT2D eigenvalue weighted by atomic mass is 16.6. The van der Waals surface area contributed by atoms with Crippen molar-refractivity contribution in [2.24, 2.45) is 5.92 Å². The molecule has 1 saturated heterocycles. The molecule has 1 amide bonds. The Balaban J connectivity index is 1.94. The van der Waals surface area contributed by atoms with E-state index in [1.54, 1.807) is 0 Å². The van der Waals surface area contributed by atoms with Crippen LogP contribution in [0.15, 0.2) is 0 Å². The molecule has 2 aliphatic rings. The lowest BCUT2D eigenvalue weighted by atomic mass is 9.76. The Hall–Kier alpha value is -0.730. The summed E-state index contributed by atoms with van der Waals surface area (Å²) in [5, 5.41) is 0. The van der Waals surface area contributed by atoms with Gasteiger partial charge in [0, 0.05) is 13.1 Å². The van der Waals surface area contributed by atoms with Gasteiger partial charge in [-0.05, 0) is 51.4 Å². The summed E-state index contributed by atoms with van der Waals surface area (Å²) in [6.45, 7) is 6.05. The van der Waals surface area contributed by atoms with Gasteiger partial charge in [0.2, 0.25) is 0 Å². The fourth-order valence-corrected chi connectivity index (χ4v) is 3.50. The van der Waals surface area contributed by atoms with Crippen molar-refractivity contribution < 1.29 is 9.53 Å². The van der Waals surface area contributed by atoms with Crippen molar-refractivity contribution in [1.29, 1.82) is 0 Å². The predicted molar refractivity (Wildman–Crippen MR) is 77.2 cm³/mol. The lowest BCUT2D eigenvalue weighted by Gasteiger charge is -2.40. The monoisotopic (exact) mass is 267 g/mol. The Morgan fingerprint density at radius 2 is 1.68 bits per heavy atom. The molecule has 0 aromatic rings. The Kier molecular flexibility index (Phi) is 5.12. The van der Waals surface area contributed by atoms with Gasteiger partial charge in [-0.3, -0.25) is 0 Å². The fourth-order valence-electron chi connectivity index (χ4n) is 3.50. The summed E-state index contributed by atoms with van der Waals surface area (Å²) in [6.07, 6.45) is 10.7. The zero-order chi connectivity index (χ0) is 13.7. The number of rotatable bonds is 3. The van der Waals surface area contributed by atoms with Crippen LogP contribution >= 0.6 is 0 Å². The number of nitrogens with zero attached hydrogens (tertiary/aromatic N) is 1. The maximum absolute atomic E-state index is 12.3. The van der Waals surface area contributed by atoms with Gasteiger partial charge >= 0.3 is 6.09 Å². The van der Waals surface area contributed by atoms with Crippen LogP contribution in [0, 0.1) is 5.92 Å². The second kappa shape index (κ2) is 6.62. The topological polar surface area (TPSA) is 29.5 Å². The van der Waals surface area contributed by atoms with E-state index in [9.17, 15) is 4.79 Å². The summed E-state index contributed by atoms with van der Waals surface area (Å²) < 4.78 is 5.95. The minimum Gasteiger partial charge on any atom is -0.443 e. The molecule has 1 atom stereocenters. The van der Waals surface area contributed by atoms with Gasteiger partial charge in [0.15, 0.2) is 0 Å². The Bertz CT molecular complexity index is 293. The quantitative estimate of drug-likeness (QED) is 0.760. The first-order valence-electron chi connectivity index (χ1n) is 8.13. The van der Waals surface area contributed by atoms with Crippen molar-refractivity contribution in [3.05, 3.63) is 0 Å². The van der Waals surface area contributed by atoms with Gasteiger partial charge in [0.25, 0.3) is 0 Å². The summed E-state index contributed by atoms with van der Waals surface area (Å²) in [6, 6.07) is 0. The molecule has 110 valence electrons. The van der Waals surface area contributed by atoms with E-state index in [1.807, 2.05) is 4.90 Å². The van der Waals surface area contributed by atoms with Gasteiger partial charge in [-0.2, -0.15) is 0 Å². The Labute approximate surface area is 117 Å². The zero-order valence-corrected chi connectivity index (χ0v) is 12.6. The molecule has 2 fully saturated rings. The number of carbonyl (C=O) groups excluding carboxylic acids is 1. The van der Waals surface area contributed by atoms with Crippen LogP contribution in [-0.4, -0.2) is 29.7 Å². The average molecular weight is 267 g/mol. The number of piperidine rings is 1. The fraction of sp³-hybridized carbons (Fsp3) is 0.938. The normalized spacial score (nSPS) is 24.8. The van der Waals surface area contributed by atoms with E-state index in [2.05, 4.69) is 13.8 Å². The molecule has 19 heavy (non-hydrogen) atoms. The van der Waals surface area contributed by atoms with E-state index >= 15 is 0 Å². The molecule has 1 aliphatic heterocycles. The van der Waals surface area contributed by atoms with Crippen LogP contribution in [0.1, 0.15) is 71.6 Å². The van der Waals surface area contributed by atoms with Crippen molar-refractivity contribution in [2.75, 3.05) is 13.1 Å². The molecule has 2 rings (SSSR count). The van der Waals surface area contributed by atoms with Crippen LogP contribution in [0.25, 0.3) is 0 Å². The van der Waals surface area contributed by atoms with E-state index in [0.29, 0.717) is 5.92 Å². The molecular formula is C16H29NO2. The molecule has 0 radical (unpaired) electrons. The van der Waals surface area contributed by atoms with E-state index in [0.717, 1.165) is 32.4 Å². The van der Waals surface area contributed by atoms with Crippen LogP contribution in [0.2, 0.25) is 0 Å². The molecule has 0 spiro atoms. The molecule has 1 aliphatic carbocycles. The maximum Gasteiger partial charge on any atom is 0.410 e. The summed E-state index contributed by atoms with van der Waals surface area (Å²) in [5.74, 6) is 0.556. The zero-order valence-electron chi connectivity index (χ0n) is 12.6. The van der Waals surface area contributed by atoms with Crippen LogP contribution in [0.5, 0.6) is 0 Å². The SMILES string of the molecule is CCC(C)(OC(=O)N1CCCCC1)C1CCCCC1. The largest absolute Gasteiger partial charge is 0.443 e. The first kappa shape index (κ1) is 14.7. The molecule has 1 saturated carbocycles. The van der Waals surface area contributed by atoms with Crippen LogP contribution < -0.4 is 0 Å². The highest BCUT2D eigenvalue weighted by Gasteiger charge is 2.38. The molecule has 3 nitrogen and oxygen atoms in total. The Morgan fingerprint density at radius 1 is 1.11 bits per heavy atom. The van der Waals surface area contributed by atoms with Crippen molar-refractivity contribution in [3.8, 4) is 0 Å². The Morgan fingerprint density at radius 3 is 2.26 bits per heavy atom. The minimum atomic E-state index is -0.255. The predicted octanol–water partition coefficient (Wildman–Crippen LogP) is 4.36. The maximum atomic E-state index is 12.3. The highest BCUT2D eigenvalue weighted by molar-refractivity contribution is 5.68. The van der Waals surface area contributed by atoms with Crippen molar-refractivity contribution >= 4 is 6.09 Å². The third-order valence-electron chi connectivity index (χ3n) is 5.11. The van der Waals surface area contributed by atoms with Gasteiger partial charge in [0.05, 0.1) is 0 Å². The number of amides is 1. The molecule has 0 N–H and O–H groups in total. The van der Waals surface area contributed by atoms with E-state index < -0.39 is 0 Å². The molecule has 0 aromatic heterocycles.